The summed E-state index contributed by atoms with van der Waals surface area (Å²) >= 11 is 0. The van der Waals surface area contributed by atoms with E-state index in [1.165, 1.54) is 13.2 Å². The number of nitrogens with one attached hydrogen (secondary N) is 2. The van der Waals surface area contributed by atoms with E-state index in [0.29, 0.717) is 31.9 Å². The minimum Gasteiger partial charge on any atom is -0.383 e. The normalized spacial score (nSPS) is 11.2. The lowest BCUT2D eigenvalue weighted by molar-refractivity contribution is -0.121. The molecule has 0 saturated carbocycles. The van der Waals surface area contributed by atoms with Crippen LogP contribution < -0.4 is 10.6 Å². The molecule has 2 aromatic rings. The number of amides is 2. The second-order valence-corrected chi connectivity index (χ2v) is 5.99. The standard InChI is InChI=1S/C20H24N4O4/c1-27-9-7-22-19(25)14-24-13-16(17-5-3-4-6-18(17)24)11-15(12-21)20(26)23-8-10-28-2/h3-6,11,13H,7-10,14H2,1-2H3,(H,22,25)(H,23,26)/b15-11+. The molecule has 2 amide bonds. The minimum absolute atomic E-state index is 0.0106. The van der Waals surface area contributed by atoms with E-state index >= 15 is 0 Å². The summed E-state index contributed by atoms with van der Waals surface area (Å²) in [5, 5.41) is 15.6. The minimum atomic E-state index is -0.464. The molecule has 8 heteroatoms. The number of rotatable bonds is 10. The van der Waals surface area contributed by atoms with Crippen LogP contribution in [-0.4, -0.2) is 56.9 Å². The van der Waals surface area contributed by atoms with Crippen molar-refractivity contribution in [2.24, 2.45) is 0 Å². The van der Waals surface area contributed by atoms with E-state index in [-0.39, 0.29) is 18.0 Å². The van der Waals surface area contributed by atoms with Crippen molar-refractivity contribution in [3.8, 4) is 6.07 Å². The topological polar surface area (TPSA) is 105 Å². The molecule has 2 N–H and O–H groups in total. The van der Waals surface area contributed by atoms with Crippen molar-refractivity contribution in [2.45, 2.75) is 6.54 Å². The number of fused-ring (bicyclic) bond motifs is 1. The van der Waals surface area contributed by atoms with Crippen molar-refractivity contribution < 1.29 is 19.1 Å². The molecule has 0 aliphatic carbocycles. The van der Waals surface area contributed by atoms with Crippen LogP contribution in [0.5, 0.6) is 0 Å². The number of carbonyl (C=O) groups excluding carboxylic acids is 2. The van der Waals surface area contributed by atoms with Gasteiger partial charge in [-0.25, -0.2) is 0 Å². The SMILES string of the molecule is COCCNC(=O)Cn1cc(/C=C(\C#N)C(=O)NCCOC)c2ccccc21. The summed E-state index contributed by atoms with van der Waals surface area (Å²) < 4.78 is 11.6. The third kappa shape index (κ3) is 5.67. The first-order valence-corrected chi connectivity index (χ1v) is 8.83. The predicted molar refractivity (Wildman–Crippen MR) is 105 cm³/mol. The number of para-hydroxylation sites is 1. The van der Waals surface area contributed by atoms with Crippen molar-refractivity contribution in [3.63, 3.8) is 0 Å². The highest BCUT2D eigenvalue weighted by molar-refractivity contribution is 6.04. The van der Waals surface area contributed by atoms with Crippen molar-refractivity contribution in [1.82, 2.24) is 15.2 Å². The lowest BCUT2D eigenvalue weighted by Gasteiger charge is -2.06. The number of benzene rings is 1. The van der Waals surface area contributed by atoms with Gasteiger partial charge in [-0.3, -0.25) is 9.59 Å². The Labute approximate surface area is 163 Å². The molecule has 1 heterocycles. The van der Waals surface area contributed by atoms with Crippen LogP contribution in [0.25, 0.3) is 17.0 Å². The largest absolute Gasteiger partial charge is 0.383 e. The van der Waals surface area contributed by atoms with E-state index < -0.39 is 5.91 Å². The van der Waals surface area contributed by atoms with Gasteiger partial charge in [0.25, 0.3) is 5.91 Å². The Morgan fingerprint density at radius 1 is 1.14 bits per heavy atom. The number of carbonyl (C=O) groups is 2. The van der Waals surface area contributed by atoms with Gasteiger partial charge in [-0.15, -0.1) is 0 Å². The fourth-order valence-electron chi connectivity index (χ4n) is 2.69. The highest BCUT2D eigenvalue weighted by atomic mass is 16.5. The van der Waals surface area contributed by atoms with Crippen LogP contribution >= 0.6 is 0 Å². The first-order chi connectivity index (χ1) is 13.6. The van der Waals surface area contributed by atoms with Crippen molar-refractivity contribution in [1.29, 1.82) is 5.26 Å². The van der Waals surface area contributed by atoms with Crippen LogP contribution in [0.2, 0.25) is 0 Å². The molecule has 8 nitrogen and oxygen atoms in total. The molecule has 0 aliphatic rings. The molecule has 28 heavy (non-hydrogen) atoms. The van der Waals surface area contributed by atoms with Gasteiger partial charge in [0, 0.05) is 50.0 Å². The van der Waals surface area contributed by atoms with Crippen LogP contribution in [0.1, 0.15) is 5.56 Å². The average Bonchev–Trinajstić information content (AvgIpc) is 3.03. The summed E-state index contributed by atoms with van der Waals surface area (Å²) in [6.45, 7) is 1.68. The smallest absolute Gasteiger partial charge is 0.262 e. The Bertz CT molecular complexity index is 895. The zero-order valence-corrected chi connectivity index (χ0v) is 16.0. The molecule has 148 valence electrons. The van der Waals surface area contributed by atoms with E-state index in [0.717, 1.165) is 10.9 Å². The number of nitriles is 1. The van der Waals surface area contributed by atoms with E-state index in [2.05, 4.69) is 10.6 Å². The van der Waals surface area contributed by atoms with Crippen molar-refractivity contribution >= 4 is 28.8 Å². The van der Waals surface area contributed by atoms with Crippen LogP contribution in [0.4, 0.5) is 0 Å². The summed E-state index contributed by atoms with van der Waals surface area (Å²) in [7, 11) is 3.11. The Balaban J connectivity index is 2.26. The molecule has 0 fully saturated rings. The van der Waals surface area contributed by atoms with Gasteiger partial charge in [0.1, 0.15) is 18.2 Å². The number of hydrogen-bond donors (Lipinski definition) is 2. The van der Waals surface area contributed by atoms with Gasteiger partial charge in [0.2, 0.25) is 5.91 Å². The highest BCUT2D eigenvalue weighted by Gasteiger charge is 2.13. The molecule has 2 rings (SSSR count). The van der Waals surface area contributed by atoms with Gasteiger partial charge in [0.15, 0.2) is 0 Å². The summed E-state index contributed by atoms with van der Waals surface area (Å²) in [5.41, 5.74) is 1.52. The maximum Gasteiger partial charge on any atom is 0.262 e. The molecular formula is C20H24N4O4. The maximum atomic E-state index is 12.2. The van der Waals surface area contributed by atoms with E-state index in [1.807, 2.05) is 30.3 Å². The predicted octanol–water partition coefficient (Wildman–Crippen LogP) is 1.07. The molecule has 0 aliphatic heterocycles. The maximum absolute atomic E-state index is 12.2. The highest BCUT2D eigenvalue weighted by Crippen LogP contribution is 2.23. The monoisotopic (exact) mass is 384 g/mol. The summed E-state index contributed by atoms with van der Waals surface area (Å²) in [6, 6.07) is 9.45. The third-order valence-electron chi connectivity index (χ3n) is 4.02. The number of methoxy groups -OCH3 is 2. The molecule has 0 bridgehead atoms. The molecule has 0 unspecified atom stereocenters. The zero-order valence-electron chi connectivity index (χ0n) is 16.0. The number of aromatic nitrogens is 1. The Morgan fingerprint density at radius 2 is 1.82 bits per heavy atom. The summed E-state index contributed by atoms with van der Waals surface area (Å²) in [5.74, 6) is -0.611. The number of nitrogens with zero attached hydrogens (tertiary/aromatic N) is 2. The van der Waals surface area contributed by atoms with E-state index in [9.17, 15) is 14.9 Å². The van der Waals surface area contributed by atoms with Gasteiger partial charge in [-0.2, -0.15) is 5.26 Å². The van der Waals surface area contributed by atoms with Gasteiger partial charge in [0.05, 0.1) is 13.2 Å². The van der Waals surface area contributed by atoms with E-state index in [4.69, 9.17) is 9.47 Å². The average molecular weight is 384 g/mol. The molecule has 0 spiro atoms. The van der Waals surface area contributed by atoms with Crippen LogP contribution in [0.15, 0.2) is 36.0 Å². The number of ether oxygens (including phenoxy) is 2. The van der Waals surface area contributed by atoms with E-state index in [1.54, 1.807) is 17.9 Å². The molecule has 0 saturated heterocycles. The van der Waals surface area contributed by atoms with Crippen LogP contribution in [0, 0.1) is 11.3 Å². The molecule has 1 aromatic carbocycles. The van der Waals surface area contributed by atoms with Crippen LogP contribution in [0.3, 0.4) is 0 Å². The van der Waals surface area contributed by atoms with Crippen molar-refractivity contribution in [3.05, 3.63) is 41.6 Å². The first-order valence-electron chi connectivity index (χ1n) is 8.83. The zero-order chi connectivity index (χ0) is 20.4. The fourth-order valence-corrected chi connectivity index (χ4v) is 2.69. The van der Waals surface area contributed by atoms with Gasteiger partial charge in [-0.1, -0.05) is 18.2 Å². The Morgan fingerprint density at radius 3 is 2.50 bits per heavy atom. The summed E-state index contributed by atoms with van der Waals surface area (Å²) in [4.78, 5) is 24.3. The molecule has 0 atom stereocenters. The quantitative estimate of drug-likeness (QED) is 0.362. The van der Waals surface area contributed by atoms with Crippen LogP contribution in [-0.2, 0) is 25.6 Å². The lowest BCUT2D eigenvalue weighted by atomic mass is 10.1. The molecular weight excluding hydrogens is 360 g/mol. The Kier molecular flexibility index (Phi) is 8.21. The fraction of sp³-hybridized carbons (Fsp3) is 0.350. The van der Waals surface area contributed by atoms with Gasteiger partial charge in [-0.05, 0) is 12.1 Å². The van der Waals surface area contributed by atoms with Crippen molar-refractivity contribution in [2.75, 3.05) is 40.5 Å². The second-order valence-electron chi connectivity index (χ2n) is 5.99. The molecule has 1 aromatic heterocycles. The third-order valence-corrected chi connectivity index (χ3v) is 4.02. The van der Waals surface area contributed by atoms with Gasteiger partial charge < -0.3 is 24.7 Å². The summed E-state index contributed by atoms with van der Waals surface area (Å²) in [6.07, 6.45) is 3.30. The first kappa shape index (κ1) is 21.2. The second kappa shape index (κ2) is 10.9. The number of hydrogen-bond acceptors (Lipinski definition) is 5. The van der Waals surface area contributed by atoms with Gasteiger partial charge >= 0.3 is 0 Å². The molecule has 0 radical (unpaired) electrons. The Hall–Kier alpha value is -3.15. The lowest BCUT2D eigenvalue weighted by Crippen LogP contribution is -2.30.